The van der Waals surface area contributed by atoms with Crippen LogP contribution in [0.5, 0.6) is 0 Å². The topological polar surface area (TPSA) is 35.5 Å². The molecule has 2 bridgehead atoms. The second-order valence-corrected chi connectivity index (χ2v) is 7.82. The molecule has 120 valence electrons. The van der Waals surface area contributed by atoms with Crippen LogP contribution in [-0.2, 0) is 0 Å². The van der Waals surface area contributed by atoms with E-state index in [2.05, 4.69) is 31.1 Å². The molecular formula is C18H26N2OS. The highest BCUT2D eigenvalue weighted by Crippen LogP contribution is 2.61. The number of anilines is 1. The monoisotopic (exact) mass is 318 g/mol. The molecule has 3 aliphatic carbocycles. The fraction of sp³-hybridized carbons (Fsp3) is 0.611. The van der Waals surface area contributed by atoms with Crippen LogP contribution in [0, 0.1) is 23.2 Å². The van der Waals surface area contributed by atoms with Gasteiger partial charge >= 0.3 is 0 Å². The Morgan fingerprint density at radius 1 is 1.32 bits per heavy atom. The van der Waals surface area contributed by atoms with Gasteiger partial charge in [0, 0.05) is 31.3 Å². The summed E-state index contributed by atoms with van der Waals surface area (Å²) in [6.45, 7) is 4.99. The maximum atomic E-state index is 9.80. The molecule has 0 aromatic heterocycles. The first-order valence-electron chi connectivity index (χ1n) is 8.15. The maximum absolute atomic E-state index is 9.80. The number of para-hydroxylation sites is 1. The van der Waals surface area contributed by atoms with Crippen molar-refractivity contribution in [2.24, 2.45) is 23.2 Å². The van der Waals surface area contributed by atoms with Gasteiger partial charge in [0.2, 0.25) is 0 Å². The summed E-state index contributed by atoms with van der Waals surface area (Å²) in [6, 6.07) is 10.4. The summed E-state index contributed by atoms with van der Waals surface area (Å²) in [4.78, 5) is 2.19. The first-order valence-corrected chi connectivity index (χ1v) is 8.55. The normalized spacial score (nSPS) is 32.0. The maximum Gasteiger partial charge on any atom is 0.173 e. The van der Waals surface area contributed by atoms with E-state index in [1.54, 1.807) is 0 Å². The number of rotatable bonds is 3. The van der Waals surface area contributed by atoms with E-state index < -0.39 is 0 Å². The minimum absolute atomic E-state index is 0.256. The third-order valence-corrected chi connectivity index (χ3v) is 6.45. The minimum Gasteiger partial charge on any atom is -0.396 e. The van der Waals surface area contributed by atoms with E-state index in [1.807, 2.05) is 30.3 Å². The Bertz CT molecular complexity index is 545. The van der Waals surface area contributed by atoms with Crippen molar-refractivity contribution < 1.29 is 5.11 Å². The van der Waals surface area contributed by atoms with Gasteiger partial charge in [-0.05, 0) is 54.4 Å². The van der Waals surface area contributed by atoms with Crippen LogP contribution in [0.1, 0.15) is 26.7 Å². The molecule has 22 heavy (non-hydrogen) atoms. The number of hydrogen-bond donors (Lipinski definition) is 2. The molecule has 1 aromatic carbocycles. The number of thiocarbonyl (C=S) groups is 1. The van der Waals surface area contributed by atoms with E-state index in [-0.39, 0.29) is 6.61 Å². The highest BCUT2D eigenvalue weighted by Gasteiger charge is 2.58. The fourth-order valence-electron chi connectivity index (χ4n) is 4.51. The van der Waals surface area contributed by atoms with Crippen LogP contribution < -0.4 is 5.32 Å². The molecule has 0 amide bonds. The molecule has 2 N–H and O–H groups in total. The summed E-state index contributed by atoms with van der Waals surface area (Å²) >= 11 is 5.62. The van der Waals surface area contributed by atoms with Crippen molar-refractivity contribution in [3.05, 3.63) is 30.3 Å². The van der Waals surface area contributed by atoms with Crippen molar-refractivity contribution in [3.63, 3.8) is 0 Å². The summed E-state index contributed by atoms with van der Waals surface area (Å²) in [7, 11) is 2.07. The summed E-state index contributed by atoms with van der Waals surface area (Å²) in [5.41, 5.74) is 1.38. The van der Waals surface area contributed by atoms with Crippen LogP contribution in [0.25, 0.3) is 0 Å². The van der Waals surface area contributed by atoms with Crippen molar-refractivity contribution in [1.82, 2.24) is 4.90 Å². The third-order valence-electron chi connectivity index (χ3n) is 6.06. The molecule has 1 aromatic rings. The number of benzene rings is 1. The zero-order valence-electron chi connectivity index (χ0n) is 13.6. The number of aliphatic hydroxyl groups is 1. The molecule has 3 aliphatic rings. The van der Waals surface area contributed by atoms with Crippen LogP contribution in [0.2, 0.25) is 0 Å². The predicted octanol–water partition coefficient (Wildman–Crippen LogP) is 3.36. The molecular weight excluding hydrogens is 292 g/mol. The van der Waals surface area contributed by atoms with Crippen molar-refractivity contribution in [3.8, 4) is 0 Å². The van der Waals surface area contributed by atoms with E-state index in [4.69, 9.17) is 12.2 Å². The average molecular weight is 318 g/mol. The molecule has 4 rings (SSSR count). The molecule has 3 saturated carbocycles. The first-order chi connectivity index (χ1) is 10.4. The Morgan fingerprint density at radius 2 is 2.00 bits per heavy atom. The largest absolute Gasteiger partial charge is 0.396 e. The van der Waals surface area contributed by atoms with Crippen LogP contribution >= 0.6 is 12.2 Å². The lowest BCUT2D eigenvalue weighted by Gasteiger charge is -2.64. The van der Waals surface area contributed by atoms with Crippen molar-refractivity contribution in [2.45, 2.75) is 32.7 Å². The molecule has 0 aliphatic heterocycles. The Morgan fingerprint density at radius 3 is 2.59 bits per heavy atom. The molecule has 0 spiro atoms. The molecule has 3 nitrogen and oxygen atoms in total. The molecule has 0 saturated heterocycles. The highest BCUT2D eigenvalue weighted by molar-refractivity contribution is 7.80. The standard InChI is InChI=1S/C18H26N2OS/c1-18(2)13-9-12(11-21)16(15(18)10-13)20(3)17(22)19-14-7-5-4-6-8-14/h4-8,12-13,15-16,21H,9-11H2,1-3H3,(H,19,22)/t12-,13-,15-,16-/m0/s1. The molecule has 0 heterocycles. The summed E-state index contributed by atoms with van der Waals surface area (Å²) in [5, 5.41) is 13.9. The van der Waals surface area contributed by atoms with Crippen LogP contribution in [0.3, 0.4) is 0 Å². The van der Waals surface area contributed by atoms with E-state index >= 15 is 0 Å². The molecule has 0 radical (unpaired) electrons. The summed E-state index contributed by atoms with van der Waals surface area (Å²) < 4.78 is 0. The van der Waals surface area contributed by atoms with Gasteiger partial charge in [-0.2, -0.15) is 0 Å². The van der Waals surface area contributed by atoms with Crippen molar-refractivity contribution in [1.29, 1.82) is 0 Å². The lowest BCUT2D eigenvalue weighted by Crippen LogP contribution is -2.64. The van der Waals surface area contributed by atoms with Gasteiger partial charge in [0.25, 0.3) is 0 Å². The van der Waals surface area contributed by atoms with Gasteiger partial charge in [0.1, 0.15) is 0 Å². The summed E-state index contributed by atoms with van der Waals surface area (Å²) in [6.07, 6.45) is 2.38. The molecule has 0 unspecified atom stereocenters. The van der Waals surface area contributed by atoms with Crippen molar-refractivity contribution in [2.75, 3.05) is 19.0 Å². The molecule has 3 fully saturated rings. The number of hydrogen-bond acceptors (Lipinski definition) is 2. The minimum atomic E-state index is 0.256. The van der Waals surface area contributed by atoms with E-state index in [0.717, 1.165) is 23.1 Å². The third kappa shape index (κ3) is 2.52. The van der Waals surface area contributed by atoms with Crippen molar-refractivity contribution >= 4 is 23.0 Å². The Balaban J connectivity index is 1.74. The van der Waals surface area contributed by atoms with E-state index in [0.29, 0.717) is 23.3 Å². The Kier molecular flexibility index (Phi) is 4.17. The Hall–Kier alpha value is -1.13. The highest BCUT2D eigenvalue weighted by atomic mass is 32.1. The van der Waals surface area contributed by atoms with Gasteiger partial charge < -0.3 is 15.3 Å². The van der Waals surface area contributed by atoms with Gasteiger partial charge in [0.15, 0.2) is 5.11 Å². The zero-order valence-corrected chi connectivity index (χ0v) is 14.4. The number of nitrogens with one attached hydrogen (secondary N) is 1. The number of aliphatic hydroxyl groups excluding tert-OH is 1. The zero-order chi connectivity index (χ0) is 15.9. The molecule has 4 atom stereocenters. The quantitative estimate of drug-likeness (QED) is 0.838. The van der Waals surface area contributed by atoms with Gasteiger partial charge in [-0.1, -0.05) is 32.0 Å². The molecule has 4 heteroatoms. The summed E-state index contributed by atoms with van der Waals surface area (Å²) in [5.74, 6) is 1.70. The second-order valence-electron chi connectivity index (χ2n) is 7.44. The van der Waals surface area contributed by atoms with Gasteiger partial charge in [-0.15, -0.1) is 0 Å². The number of nitrogens with zero attached hydrogens (tertiary/aromatic N) is 1. The fourth-order valence-corrected chi connectivity index (χ4v) is 4.75. The van der Waals surface area contributed by atoms with E-state index in [1.165, 1.54) is 6.42 Å². The van der Waals surface area contributed by atoms with Crippen LogP contribution in [-0.4, -0.2) is 34.8 Å². The number of fused-ring (bicyclic) bond motifs is 2. The lowest BCUT2D eigenvalue weighted by atomic mass is 9.45. The second kappa shape index (κ2) is 5.82. The predicted molar refractivity (Wildman–Crippen MR) is 94.8 cm³/mol. The van der Waals surface area contributed by atoms with Crippen LogP contribution in [0.15, 0.2) is 30.3 Å². The van der Waals surface area contributed by atoms with Gasteiger partial charge in [-0.3, -0.25) is 0 Å². The Labute approximate surface area is 138 Å². The van der Waals surface area contributed by atoms with Gasteiger partial charge in [-0.25, -0.2) is 0 Å². The lowest BCUT2D eigenvalue weighted by molar-refractivity contribution is -0.139. The van der Waals surface area contributed by atoms with E-state index in [9.17, 15) is 5.11 Å². The smallest absolute Gasteiger partial charge is 0.173 e. The first kappa shape index (κ1) is 15.8. The van der Waals surface area contributed by atoms with Crippen LogP contribution in [0.4, 0.5) is 5.69 Å². The SMILES string of the molecule is CN(C(=S)Nc1ccccc1)[C@H]1[C@H](CO)C[C@H]2C[C@@H]1C2(C)C. The average Bonchev–Trinajstić information content (AvgIpc) is 2.54. The van der Waals surface area contributed by atoms with Gasteiger partial charge in [0.05, 0.1) is 0 Å².